The van der Waals surface area contributed by atoms with Crippen molar-refractivity contribution in [2.24, 2.45) is 0 Å². The van der Waals surface area contributed by atoms with Gasteiger partial charge in [-0.05, 0) is 50.2 Å². The molecule has 7 heteroatoms. The van der Waals surface area contributed by atoms with Gasteiger partial charge in [-0.2, -0.15) is 0 Å². The van der Waals surface area contributed by atoms with Crippen molar-refractivity contribution in [2.45, 2.75) is 50.5 Å². The smallest absolute Gasteiger partial charge is 0.313 e. The first-order chi connectivity index (χ1) is 10.0. The Morgan fingerprint density at radius 2 is 2.24 bits per heavy atom. The van der Waals surface area contributed by atoms with E-state index < -0.39 is 0 Å². The Kier molecular flexibility index (Phi) is 5.19. The van der Waals surface area contributed by atoms with Crippen molar-refractivity contribution in [3.63, 3.8) is 0 Å². The van der Waals surface area contributed by atoms with Crippen LogP contribution in [0.1, 0.15) is 37.9 Å². The molecule has 2 heterocycles. The molecule has 0 aromatic carbocycles. The van der Waals surface area contributed by atoms with Gasteiger partial charge in [0.25, 0.3) is 0 Å². The van der Waals surface area contributed by atoms with Crippen LogP contribution >= 0.6 is 11.8 Å². The molecule has 0 aliphatic heterocycles. The van der Waals surface area contributed by atoms with E-state index >= 15 is 0 Å². The number of aromatic nitrogens is 4. The Morgan fingerprint density at radius 3 is 2.86 bits per heavy atom. The molecule has 114 valence electrons. The number of rotatable bonds is 6. The van der Waals surface area contributed by atoms with Crippen LogP contribution in [0.3, 0.4) is 0 Å². The first kappa shape index (κ1) is 15.8. The lowest BCUT2D eigenvalue weighted by atomic mass is 10.2. The van der Waals surface area contributed by atoms with Gasteiger partial charge in [-0.3, -0.25) is 4.57 Å². The van der Waals surface area contributed by atoms with Crippen molar-refractivity contribution in [3.05, 3.63) is 33.9 Å². The molecule has 2 rings (SSSR count). The van der Waals surface area contributed by atoms with Crippen molar-refractivity contribution < 1.29 is 0 Å². The first-order valence-electron chi connectivity index (χ1n) is 7.04. The molecular weight excluding hydrogens is 286 g/mol. The highest BCUT2D eigenvalue weighted by Gasteiger charge is 2.14. The summed E-state index contributed by atoms with van der Waals surface area (Å²) in [6, 6.07) is 2.18. The predicted molar refractivity (Wildman–Crippen MR) is 83.7 cm³/mol. The summed E-state index contributed by atoms with van der Waals surface area (Å²) in [4.78, 5) is 16.2. The molecule has 0 aliphatic rings. The van der Waals surface area contributed by atoms with Crippen molar-refractivity contribution in [3.8, 4) is 0 Å². The number of aromatic amines is 1. The molecule has 0 bridgehead atoms. The molecule has 21 heavy (non-hydrogen) atoms. The average molecular weight is 307 g/mol. The number of hydrogen-bond acceptors (Lipinski definition) is 5. The van der Waals surface area contributed by atoms with Gasteiger partial charge in [0, 0.05) is 18.8 Å². The standard InChI is InChI=1S/C14H21N5OS/c1-5-15-7-11-6-10(4)12(16-8-11)21-14-18-17-13(20)19(14)9(2)3/h6,8-9,15H,5,7H2,1-4H3,(H,17,20). The summed E-state index contributed by atoms with van der Waals surface area (Å²) < 4.78 is 1.64. The van der Waals surface area contributed by atoms with Gasteiger partial charge in [0.05, 0.1) is 0 Å². The van der Waals surface area contributed by atoms with Crippen LogP contribution in [0.5, 0.6) is 0 Å². The molecular formula is C14H21N5OS. The number of nitrogens with one attached hydrogen (secondary N) is 2. The van der Waals surface area contributed by atoms with E-state index in [1.54, 1.807) is 4.57 Å². The van der Waals surface area contributed by atoms with Gasteiger partial charge in [0.1, 0.15) is 5.03 Å². The van der Waals surface area contributed by atoms with Gasteiger partial charge in [0.2, 0.25) is 0 Å². The van der Waals surface area contributed by atoms with Crippen molar-refractivity contribution >= 4 is 11.8 Å². The maximum atomic E-state index is 11.7. The minimum absolute atomic E-state index is 0.0621. The van der Waals surface area contributed by atoms with E-state index in [1.807, 2.05) is 27.0 Å². The number of hydrogen-bond donors (Lipinski definition) is 2. The highest BCUT2D eigenvalue weighted by Crippen LogP contribution is 2.27. The molecule has 0 saturated heterocycles. The summed E-state index contributed by atoms with van der Waals surface area (Å²) in [6.07, 6.45) is 1.86. The molecule has 2 aromatic rings. The zero-order valence-electron chi connectivity index (χ0n) is 12.8. The van der Waals surface area contributed by atoms with Crippen LogP contribution in [0.4, 0.5) is 0 Å². The lowest BCUT2D eigenvalue weighted by Gasteiger charge is -2.10. The monoisotopic (exact) mass is 307 g/mol. The molecule has 6 nitrogen and oxygen atoms in total. The molecule has 0 unspecified atom stereocenters. The van der Waals surface area contributed by atoms with E-state index in [0.29, 0.717) is 5.16 Å². The maximum absolute atomic E-state index is 11.7. The Bertz CT molecular complexity index is 662. The van der Waals surface area contributed by atoms with E-state index in [4.69, 9.17) is 0 Å². The second kappa shape index (κ2) is 6.91. The van der Waals surface area contributed by atoms with Crippen LogP contribution in [-0.4, -0.2) is 26.3 Å². The van der Waals surface area contributed by atoms with Gasteiger partial charge < -0.3 is 5.32 Å². The third-order valence-corrected chi connectivity index (χ3v) is 4.13. The quantitative estimate of drug-likeness (QED) is 0.855. The minimum Gasteiger partial charge on any atom is -0.313 e. The fourth-order valence-corrected chi connectivity index (χ4v) is 2.98. The zero-order chi connectivity index (χ0) is 15.4. The van der Waals surface area contributed by atoms with Crippen molar-refractivity contribution in [1.29, 1.82) is 0 Å². The third-order valence-electron chi connectivity index (χ3n) is 3.04. The summed E-state index contributed by atoms with van der Waals surface area (Å²) in [7, 11) is 0. The fraction of sp³-hybridized carbons (Fsp3) is 0.500. The van der Waals surface area contributed by atoms with Gasteiger partial charge in [-0.15, -0.1) is 5.10 Å². The van der Waals surface area contributed by atoms with Gasteiger partial charge >= 0.3 is 5.69 Å². The van der Waals surface area contributed by atoms with Gasteiger partial charge in [-0.1, -0.05) is 13.0 Å². The Morgan fingerprint density at radius 1 is 1.48 bits per heavy atom. The van der Waals surface area contributed by atoms with Gasteiger partial charge in [-0.25, -0.2) is 14.9 Å². The fourth-order valence-electron chi connectivity index (χ4n) is 2.00. The number of pyridine rings is 1. The van der Waals surface area contributed by atoms with Crippen molar-refractivity contribution in [2.75, 3.05) is 6.54 Å². The Hall–Kier alpha value is -1.60. The van der Waals surface area contributed by atoms with Gasteiger partial charge in [0.15, 0.2) is 5.16 Å². The molecule has 2 aromatic heterocycles. The molecule has 0 radical (unpaired) electrons. The number of aryl methyl sites for hydroxylation is 1. The van der Waals surface area contributed by atoms with Crippen LogP contribution in [0.25, 0.3) is 0 Å². The van der Waals surface area contributed by atoms with Crippen LogP contribution in [0, 0.1) is 6.92 Å². The second-order valence-electron chi connectivity index (χ2n) is 5.12. The zero-order valence-corrected chi connectivity index (χ0v) is 13.6. The van der Waals surface area contributed by atoms with Crippen LogP contribution in [0.2, 0.25) is 0 Å². The summed E-state index contributed by atoms with van der Waals surface area (Å²) in [5.74, 6) is 0. The summed E-state index contributed by atoms with van der Waals surface area (Å²) >= 11 is 1.41. The van der Waals surface area contributed by atoms with Crippen LogP contribution < -0.4 is 11.0 Å². The summed E-state index contributed by atoms with van der Waals surface area (Å²) in [5, 5.41) is 11.4. The molecule has 0 fully saturated rings. The van der Waals surface area contributed by atoms with E-state index in [1.165, 1.54) is 11.8 Å². The maximum Gasteiger partial charge on any atom is 0.344 e. The molecule has 0 saturated carbocycles. The molecule has 0 amide bonds. The van der Waals surface area contributed by atoms with E-state index in [-0.39, 0.29) is 11.7 Å². The Balaban J connectivity index is 2.22. The predicted octanol–water partition coefficient (Wildman–Crippen LogP) is 2.12. The lowest BCUT2D eigenvalue weighted by Crippen LogP contribution is -2.19. The molecule has 0 aliphatic carbocycles. The topological polar surface area (TPSA) is 75.6 Å². The molecule has 2 N–H and O–H groups in total. The molecule has 0 atom stereocenters. The first-order valence-corrected chi connectivity index (χ1v) is 7.85. The normalized spacial score (nSPS) is 11.3. The van der Waals surface area contributed by atoms with Crippen LogP contribution in [-0.2, 0) is 6.54 Å². The third kappa shape index (κ3) is 3.74. The summed E-state index contributed by atoms with van der Waals surface area (Å²) in [6.45, 7) is 9.77. The lowest BCUT2D eigenvalue weighted by molar-refractivity contribution is 0.534. The number of H-pyrrole nitrogens is 1. The minimum atomic E-state index is -0.186. The van der Waals surface area contributed by atoms with E-state index in [9.17, 15) is 4.79 Å². The number of nitrogens with zero attached hydrogens (tertiary/aromatic N) is 3. The highest BCUT2D eigenvalue weighted by molar-refractivity contribution is 7.99. The van der Waals surface area contributed by atoms with E-state index in [2.05, 4.69) is 33.5 Å². The summed E-state index contributed by atoms with van der Waals surface area (Å²) in [5.41, 5.74) is 2.05. The van der Waals surface area contributed by atoms with Crippen molar-refractivity contribution in [1.82, 2.24) is 25.1 Å². The van der Waals surface area contributed by atoms with E-state index in [0.717, 1.165) is 29.2 Å². The average Bonchev–Trinajstić information content (AvgIpc) is 2.80. The largest absolute Gasteiger partial charge is 0.344 e. The van der Waals surface area contributed by atoms with Crippen LogP contribution in [0.15, 0.2) is 27.2 Å². The SMILES string of the molecule is CCNCc1cnc(Sc2n[nH]c(=O)n2C(C)C)c(C)c1. The molecule has 0 spiro atoms. The Labute approximate surface area is 128 Å². The highest BCUT2D eigenvalue weighted by atomic mass is 32.2. The second-order valence-corrected chi connectivity index (χ2v) is 6.08.